The van der Waals surface area contributed by atoms with E-state index in [-0.39, 0.29) is 5.82 Å². The number of H-pyrrole nitrogens is 1. The second-order valence-electron chi connectivity index (χ2n) is 5.02. The van der Waals surface area contributed by atoms with E-state index in [4.69, 9.17) is 17.0 Å². The van der Waals surface area contributed by atoms with Gasteiger partial charge in [-0.25, -0.2) is 4.39 Å². The predicted octanol–water partition coefficient (Wildman–Crippen LogP) is 3.80. The molecule has 1 aliphatic rings. The van der Waals surface area contributed by atoms with Crippen molar-refractivity contribution in [3.63, 3.8) is 0 Å². The predicted molar refractivity (Wildman–Crippen MR) is 75.3 cm³/mol. The minimum atomic E-state index is -0.232. The highest BCUT2D eigenvalue weighted by molar-refractivity contribution is 7.71. The fourth-order valence-electron chi connectivity index (χ4n) is 2.66. The SMILES string of the molecule is Fc1ccc2[nH]c(=S)n(CCC3CCCCO3)c2c1. The van der Waals surface area contributed by atoms with E-state index in [2.05, 4.69) is 4.98 Å². The van der Waals surface area contributed by atoms with Gasteiger partial charge in [-0.05, 0) is 56.1 Å². The van der Waals surface area contributed by atoms with Gasteiger partial charge in [-0.2, -0.15) is 0 Å². The molecule has 102 valence electrons. The summed E-state index contributed by atoms with van der Waals surface area (Å²) in [5, 5.41) is 0. The Morgan fingerprint density at radius 1 is 1.42 bits per heavy atom. The topological polar surface area (TPSA) is 29.9 Å². The molecule has 1 saturated heterocycles. The van der Waals surface area contributed by atoms with E-state index >= 15 is 0 Å². The molecule has 1 atom stereocenters. The number of nitrogens with one attached hydrogen (secondary N) is 1. The van der Waals surface area contributed by atoms with Gasteiger partial charge >= 0.3 is 0 Å². The van der Waals surface area contributed by atoms with Crippen LogP contribution in [0, 0.1) is 10.6 Å². The number of hydrogen-bond acceptors (Lipinski definition) is 2. The molecular formula is C14H17FN2OS. The van der Waals surface area contributed by atoms with E-state index in [9.17, 15) is 4.39 Å². The monoisotopic (exact) mass is 280 g/mol. The van der Waals surface area contributed by atoms with Crippen molar-refractivity contribution in [2.24, 2.45) is 0 Å². The van der Waals surface area contributed by atoms with Gasteiger partial charge < -0.3 is 14.3 Å². The van der Waals surface area contributed by atoms with Crippen LogP contribution in [0.2, 0.25) is 0 Å². The van der Waals surface area contributed by atoms with Gasteiger partial charge in [0.1, 0.15) is 5.82 Å². The molecule has 5 heteroatoms. The molecule has 1 aliphatic heterocycles. The van der Waals surface area contributed by atoms with Gasteiger partial charge in [0.25, 0.3) is 0 Å². The average Bonchev–Trinajstić information content (AvgIpc) is 2.73. The van der Waals surface area contributed by atoms with Crippen LogP contribution in [0.25, 0.3) is 11.0 Å². The Labute approximate surface area is 116 Å². The third kappa shape index (κ3) is 2.72. The van der Waals surface area contributed by atoms with Crippen LogP contribution in [-0.2, 0) is 11.3 Å². The molecule has 3 rings (SSSR count). The summed E-state index contributed by atoms with van der Waals surface area (Å²) < 4.78 is 21.7. The van der Waals surface area contributed by atoms with E-state index in [0.29, 0.717) is 10.9 Å². The molecule has 0 bridgehead atoms. The Morgan fingerprint density at radius 2 is 2.32 bits per heavy atom. The van der Waals surface area contributed by atoms with Crippen LogP contribution in [0.3, 0.4) is 0 Å². The Bertz CT molecular complexity index is 628. The van der Waals surface area contributed by atoms with Gasteiger partial charge in [-0.3, -0.25) is 0 Å². The fraction of sp³-hybridized carbons (Fsp3) is 0.500. The zero-order chi connectivity index (χ0) is 13.2. The Balaban J connectivity index is 1.81. The molecule has 0 spiro atoms. The molecule has 2 heterocycles. The van der Waals surface area contributed by atoms with Gasteiger partial charge in [0, 0.05) is 13.2 Å². The third-order valence-corrected chi connectivity index (χ3v) is 4.01. The fourth-order valence-corrected chi connectivity index (χ4v) is 2.96. The van der Waals surface area contributed by atoms with Gasteiger partial charge in [-0.1, -0.05) is 0 Å². The van der Waals surface area contributed by atoms with Crippen LogP contribution in [-0.4, -0.2) is 22.3 Å². The van der Waals surface area contributed by atoms with Crippen molar-refractivity contribution in [1.29, 1.82) is 0 Å². The normalized spacial score (nSPS) is 19.9. The first-order chi connectivity index (χ1) is 9.24. The summed E-state index contributed by atoms with van der Waals surface area (Å²) in [6.07, 6.45) is 4.75. The molecule has 2 aromatic rings. The number of nitrogens with zero attached hydrogens (tertiary/aromatic N) is 1. The minimum Gasteiger partial charge on any atom is -0.378 e. The number of halogens is 1. The summed E-state index contributed by atoms with van der Waals surface area (Å²) in [6.45, 7) is 1.63. The van der Waals surface area contributed by atoms with Crippen molar-refractivity contribution in [2.45, 2.75) is 38.3 Å². The van der Waals surface area contributed by atoms with Crippen LogP contribution in [0.15, 0.2) is 18.2 Å². The minimum absolute atomic E-state index is 0.232. The number of ether oxygens (including phenoxy) is 1. The van der Waals surface area contributed by atoms with Crippen molar-refractivity contribution in [3.8, 4) is 0 Å². The lowest BCUT2D eigenvalue weighted by Gasteiger charge is -2.22. The number of imidazole rings is 1. The Hall–Kier alpha value is -1.20. The average molecular weight is 280 g/mol. The van der Waals surface area contributed by atoms with Crippen LogP contribution >= 0.6 is 12.2 Å². The molecule has 0 aliphatic carbocycles. The van der Waals surface area contributed by atoms with E-state index in [1.54, 1.807) is 6.07 Å². The van der Waals surface area contributed by atoms with Crippen molar-refractivity contribution in [2.75, 3.05) is 6.61 Å². The highest BCUT2D eigenvalue weighted by atomic mass is 32.1. The Morgan fingerprint density at radius 3 is 3.11 bits per heavy atom. The van der Waals surface area contributed by atoms with E-state index in [1.807, 2.05) is 4.57 Å². The first-order valence-corrected chi connectivity index (χ1v) is 7.14. The summed E-state index contributed by atoms with van der Waals surface area (Å²) in [4.78, 5) is 3.11. The van der Waals surface area contributed by atoms with Crippen molar-refractivity contribution < 1.29 is 9.13 Å². The number of aromatic nitrogens is 2. The van der Waals surface area contributed by atoms with Crippen molar-refractivity contribution >= 4 is 23.3 Å². The smallest absolute Gasteiger partial charge is 0.178 e. The van der Waals surface area contributed by atoms with E-state index in [1.165, 1.54) is 18.6 Å². The molecule has 1 fully saturated rings. The molecule has 19 heavy (non-hydrogen) atoms. The first kappa shape index (κ1) is 12.8. The van der Waals surface area contributed by atoms with E-state index in [0.717, 1.165) is 43.4 Å². The van der Waals surface area contributed by atoms with Crippen LogP contribution in [0.5, 0.6) is 0 Å². The largest absolute Gasteiger partial charge is 0.378 e. The lowest BCUT2D eigenvalue weighted by atomic mass is 10.1. The zero-order valence-electron chi connectivity index (χ0n) is 10.7. The van der Waals surface area contributed by atoms with Crippen molar-refractivity contribution in [1.82, 2.24) is 9.55 Å². The summed E-state index contributed by atoms with van der Waals surface area (Å²) in [7, 11) is 0. The summed E-state index contributed by atoms with van der Waals surface area (Å²) in [5.74, 6) is -0.232. The summed E-state index contributed by atoms with van der Waals surface area (Å²) in [6, 6.07) is 4.71. The maximum atomic E-state index is 13.3. The molecule has 3 nitrogen and oxygen atoms in total. The molecular weight excluding hydrogens is 263 g/mol. The van der Waals surface area contributed by atoms with Crippen LogP contribution in [0.4, 0.5) is 4.39 Å². The molecule has 0 saturated carbocycles. The third-order valence-electron chi connectivity index (χ3n) is 3.69. The number of benzene rings is 1. The van der Waals surface area contributed by atoms with Gasteiger partial charge in [-0.15, -0.1) is 0 Å². The molecule has 0 radical (unpaired) electrons. The van der Waals surface area contributed by atoms with Crippen LogP contribution < -0.4 is 0 Å². The maximum Gasteiger partial charge on any atom is 0.178 e. The summed E-state index contributed by atoms with van der Waals surface area (Å²) >= 11 is 5.31. The highest BCUT2D eigenvalue weighted by Gasteiger charge is 2.14. The molecule has 1 aromatic carbocycles. The van der Waals surface area contributed by atoms with Crippen LogP contribution in [0.1, 0.15) is 25.7 Å². The lowest BCUT2D eigenvalue weighted by Crippen LogP contribution is -2.20. The second-order valence-corrected chi connectivity index (χ2v) is 5.41. The van der Waals surface area contributed by atoms with E-state index < -0.39 is 0 Å². The molecule has 1 aromatic heterocycles. The quantitative estimate of drug-likeness (QED) is 0.867. The standard InChI is InChI=1S/C14H17FN2OS/c15-10-4-5-12-13(9-10)17(14(19)16-12)7-6-11-3-1-2-8-18-11/h4-5,9,11H,1-3,6-8H2,(H,16,19). The van der Waals surface area contributed by atoms with Gasteiger partial charge in [0.2, 0.25) is 0 Å². The number of hydrogen-bond donors (Lipinski definition) is 1. The number of aromatic amines is 1. The number of fused-ring (bicyclic) bond motifs is 1. The first-order valence-electron chi connectivity index (χ1n) is 6.74. The molecule has 0 amide bonds. The second kappa shape index (κ2) is 5.43. The zero-order valence-corrected chi connectivity index (χ0v) is 11.5. The van der Waals surface area contributed by atoms with Crippen molar-refractivity contribution in [3.05, 3.63) is 28.8 Å². The van der Waals surface area contributed by atoms with Gasteiger partial charge in [0.15, 0.2) is 4.77 Å². The lowest BCUT2D eigenvalue weighted by molar-refractivity contribution is 0.00892. The van der Waals surface area contributed by atoms with Gasteiger partial charge in [0.05, 0.1) is 17.1 Å². The molecule has 1 N–H and O–H groups in total. The maximum absolute atomic E-state index is 13.3. The Kier molecular flexibility index (Phi) is 3.66. The number of rotatable bonds is 3. The number of aryl methyl sites for hydroxylation is 1. The summed E-state index contributed by atoms with van der Waals surface area (Å²) in [5.41, 5.74) is 1.72. The highest BCUT2D eigenvalue weighted by Crippen LogP contribution is 2.20. The molecule has 1 unspecified atom stereocenters.